The van der Waals surface area contributed by atoms with Crippen LogP contribution >= 0.6 is 0 Å². The molecule has 0 bridgehead atoms. The maximum Gasteiger partial charge on any atom is 0.410 e. The number of nitrogens with zero attached hydrogens (tertiary/aromatic N) is 2. The van der Waals surface area contributed by atoms with Gasteiger partial charge >= 0.3 is 12.1 Å². The van der Waals surface area contributed by atoms with Crippen LogP contribution in [0.3, 0.4) is 0 Å². The smallest absolute Gasteiger partial charge is 0.410 e. The minimum Gasteiger partial charge on any atom is -0.460 e. The lowest BCUT2D eigenvalue weighted by molar-refractivity contribution is -0.161. The van der Waals surface area contributed by atoms with Crippen LogP contribution in [0.4, 0.5) is 4.79 Å². The molecule has 2 fully saturated rings. The topological polar surface area (TPSA) is 88.2 Å². The molecular weight excluding hydrogens is 470 g/mol. The van der Waals surface area contributed by atoms with Crippen LogP contribution in [0.2, 0.25) is 0 Å². The van der Waals surface area contributed by atoms with Gasteiger partial charge in [0.05, 0.1) is 11.8 Å². The number of nitrogens with one attached hydrogen (secondary N) is 1. The molecule has 2 heterocycles. The first-order valence-electron chi connectivity index (χ1n) is 13.4. The third-order valence-electron chi connectivity index (χ3n) is 7.04. The van der Waals surface area contributed by atoms with Crippen molar-refractivity contribution in [2.75, 3.05) is 26.2 Å². The highest BCUT2D eigenvalue weighted by Gasteiger charge is 2.52. The van der Waals surface area contributed by atoms with Crippen molar-refractivity contribution in [3.05, 3.63) is 35.9 Å². The van der Waals surface area contributed by atoms with Crippen LogP contribution in [-0.2, 0) is 25.6 Å². The Balaban J connectivity index is 1.69. The van der Waals surface area contributed by atoms with Crippen molar-refractivity contribution in [3.63, 3.8) is 0 Å². The highest BCUT2D eigenvalue weighted by molar-refractivity contribution is 5.88. The number of esters is 1. The summed E-state index contributed by atoms with van der Waals surface area (Å²) in [6, 6.07) is 10.1. The Morgan fingerprint density at radius 3 is 2.14 bits per heavy atom. The van der Waals surface area contributed by atoms with Crippen molar-refractivity contribution in [2.24, 2.45) is 11.3 Å². The molecule has 0 aliphatic carbocycles. The van der Waals surface area contributed by atoms with Crippen LogP contribution in [0.1, 0.15) is 73.3 Å². The molecule has 2 atom stereocenters. The molecular formula is C29H45N3O5. The van der Waals surface area contributed by atoms with E-state index in [1.807, 2.05) is 59.7 Å². The minimum absolute atomic E-state index is 0.0226. The Kier molecular flexibility index (Phi) is 8.93. The van der Waals surface area contributed by atoms with Crippen molar-refractivity contribution >= 4 is 18.0 Å². The maximum atomic E-state index is 13.9. The van der Waals surface area contributed by atoms with E-state index in [1.165, 1.54) is 5.56 Å². The highest BCUT2D eigenvalue weighted by Crippen LogP contribution is 2.41. The van der Waals surface area contributed by atoms with Gasteiger partial charge in [-0.15, -0.1) is 0 Å². The van der Waals surface area contributed by atoms with Crippen LogP contribution in [-0.4, -0.2) is 71.2 Å². The highest BCUT2D eigenvalue weighted by atomic mass is 16.6. The molecule has 206 valence electrons. The Labute approximate surface area is 222 Å². The third-order valence-corrected chi connectivity index (χ3v) is 7.04. The summed E-state index contributed by atoms with van der Waals surface area (Å²) in [4.78, 5) is 43.3. The Bertz CT molecular complexity index is 945. The van der Waals surface area contributed by atoms with E-state index in [1.54, 1.807) is 4.90 Å². The number of carbonyl (C=O) groups excluding carboxylic acids is 3. The standard InChI is InChI=1S/C29H45N3O5/c1-21-18-31(19-22-11-9-8-10-12-22)20-29(21,17-24(33)36-27(2,3)4)25(34)30-23-13-15-32(16-14-23)26(35)37-28(5,6)7/h8-12,21,23H,13-20H2,1-7H3,(H,30,34)/t21-,29+/m1/s1. The number of amides is 2. The van der Waals surface area contributed by atoms with E-state index in [0.29, 0.717) is 32.5 Å². The summed E-state index contributed by atoms with van der Waals surface area (Å²) in [6.45, 7) is 16.1. The number of carbonyl (C=O) groups is 3. The summed E-state index contributed by atoms with van der Waals surface area (Å²) in [5.41, 5.74) is -0.855. The number of likely N-dealkylation sites (tertiary alicyclic amines) is 2. The maximum absolute atomic E-state index is 13.9. The van der Waals surface area contributed by atoms with Crippen LogP contribution in [0, 0.1) is 11.3 Å². The molecule has 0 aromatic heterocycles. The number of benzene rings is 1. The normalized spacial score (nSPS) is 23.5. The van der Waals surface area contributed by atoms with Crippen LogP contribution < -0.4 is 5.32 Å². The van der Waals surface area contributed by atoms with Gasteiger partial charge in [0.1, 0.15) is 11.2 Å². The van der Waals surface area contributed by atoms with Gasteiger partial charge in [0, 0.05) is 38.8 Å². The predicted molar refractivity (Wildman–Crippen MR) is 143 cm³/mol. The van der Waals surface area contributed by atoms with Gasteiger partial charge in [0.25, 0.3) is 0 Å². The van der Waals surface area contributed by atoms with Gasteiger partial charge in [-0.05, 0) is 65.9 Å². The van der Waals surface area contributed by atoms with Crippen molar-refractivity contribution in [1.82, 2.24) is 15.1 Å². The largest absolute Gasteiger partial charge is 0.460 e. The second-order valence-corrected chi connectivity index (χ2v) is 12.7. The monoisotopic (exact) mass is 515 g/mol. The van der Waals surface area contributed by atoms with Crippen molar-refractivity contribution < 1.29 is 23.9 Å². The van der Waals surface area contributed by atoms with E-state index in [-0.39, 0.29) is 36.4 Å². The summed E-state index contributed by atoms with van der Waals surface area (Å²) < 4.78 is 11.1. The molecule has 8 heteroatoms. The van der Waals surface area contributed by atoms with Gasteiger partial charge in [-0.25, -0.2) is 4.79 Å². The molecule has 2 aliphatic rings. The number of piperidine rings is 1. The second-order valence-electron chi connectivity index (χ2n) is 12.7. The average molecular weight is 516 g/mol. The first-order chi connectivity index (χ1) is 17.2. The summed E-state index contributed by atoms with van der Waals surface area (Å²) >= 11 is 0. The lowest BCUT2D eigenvalue weighted by atomic mass is 9.75. The second kappa shape index (κ2) is 11.4. The van der Waals surface area contributed by atoms with Crippen molar-refractivity contribution in [2.45, 2.75) is 91.5 Å². The lowest BCUT2D eigenvalue weighted by Crippen LogP contribution is -2.53. The Morgan fingerprint density at radius 1 is 0.973 bits per heavy atom. The number of hydrogen-bond acceptors (Lipinski definition) is 6. The van der Waals surface area contributed by atoms with Crippen LogP contribution in [0.25, 0.3) is 0 Å². The first-order valence-corrected chi connectivity index (χ1v) is 13.4. The van der Waals surface area contributed by atoms with E-state index in [9.17, 15) is 14.4 Å². The predicted octanol–water partition coefficient (Wildman–Crippen LogP) is 4.37. The molecule has 2 amide bonds. The zero-order valence-corrected chi connectivity index (χ0v) is 23.6. The molecule has 0 spiro atoms. The molecule has 0 saturated carbocycles. The average Bonchev–Trinajstić information content (AvgIpc) is 3.07. The van der Waals surface area contributed by atoms with Crippen LogP contribution in [0.5, 0.6) is 0 Å². The first kappa shape index (κ1) is 29.0. The van der Waals surface area contributed by atoms with Gasteiger partial charge in [-0.1, -0.05) is 37.3 Å². The van der Waals surface area contributed by atoms with E-state index >= 15 is 0 Å². The van der Waals surface area contributed by atoms with Gasteiger partial charge in [0.15, 0.2) is 0 Å². The summed E-state index contributed by atoms with van der Waals surface area (Å²) in [7, 11) is 0. The Hall–Kier alpha value is -2.61. The summed E-state index contributed by atoms with van der Waals surface area (Å²) in [6.07, 6.45) is 1.02. The van der Waals surface area contributed by atoms with Gasteiger partial charge in [0.2, 0.25) is 5.91 Å². The van der Waals surface area contributed by atoms with Gasteiger partial charge < -0.3 is 19.7 Å². The molecule has 0 radical (unpaired) electrons. The fourth-order valence-corrected chi connectivity index (χ4v) is 5.25. The summed E-state index contributed by atoms with van der Waals surface area (Å²) in [5, 5.41) is 3.24. The lowest BCUT2D eigenvalue weighted by Gasteiger charge is -2.37. The SMILES string of the molecule is C[C@@H]1CN(Cc2ccccc2)C[C@]1(CC(=O)OC(C)(C)C)C(=O)NC1CCN(C(=O)OC(C)(C)C)CC1. The zero-order chi connectivity index (χ0) is 27.4. The van der Waals surface area contributed by atoms with E-state index < -0.39 is 16.6 Å². The van der Waals surface area contributed by atoms with E-state index in [4.69, 9.17) is 9.47 Å². The fraction of sp³-hybridized carbons (Fsp3) is 0.690. The molecule has 8 nitrogen and oxygen atoms in total. The molecule has 3 rings (SSSR count). The Morgan fingerprint density at radius 2 is 1.57 bits per heavy atom. The quantitative estimate of drug-likeness (QED) is 0.566. The van der Waals surface area contributed by atoms with Crippen molar-refractivity contribution in [3.8, 4) is 0 Å². The molecule has 37 heavy (non-hydrogen) atoms. The van der Waals surface area contributed by atoms with Crippen molar-refractivity contribution in [1.29, 1.82) is 0 Å². The number of hydrogen-bond donors (Lipinski definition) is 1. The molecule has 1 aromatic carbocycles. The molecule has 2 aliphatic heterocycles. The van der Waals surface area contributed by atoms with Crippen LogP contribution in [0.15, 0.2) is 30.3 Å². The molecule has 1 aromatic rings. The van der Waals surface area contributed by atoms with Gasteiger partial charge in [-0.3, -0.25) is 14.5 Å². The molecule has 2 saturated heterocycles. The summed E-state index contributed by atoms with van der Waals surface area (Å²) in [5.74, 6) is -0.474. The van der Waals surface area contributed by atoms with E-state index in [0.717, 1.165) is 13.1 Å². The van der Waals surface area contributed by atoms with E-state index in [2.05, 4.69) is 29.3 Å². The zero-order valence-electron chi connectivity index (χ0n) is 23.6. The molecule has 0 unspecified atom stereocenters. The number of rotatable bonds is 6. The van der Waals surface area contributed by atoms with Gasteiger partial charge in [-0.2, -0.15) is 0 Å². The number of ether oxygens (including phenoxy) is 2. The fourth-order valence-electron chi connectivity index (χ4n) is 5.25. The molecule has 1 N–H and O–H groups in total. The minimum atomic E-state index is -0.876. The third kappa shape index (κ3) is 8.19.